The third-order valence-electron chi connectivity index (χ3n) is 18.6. The third-order valence-corrected chi connectivity index (χ3v) is 80.8. The summed E-state index contributed by atoms with van der Waals surface area (Å²) in [4.78, 5) is 25.8. The lowest BCUT2D eigenvalue weighted by Gasteiger charge is -2.61. The number of benzene rings is 7. The molecule has 0 amide bonds. The van der Waals surface area contributed by atoms with Gasteiger partial charge in [-0.15, -0.1) is 0 Å². The van der Waals surface area contributed by atoms with Gasteiger partial charge in [0.25, 0.3) is 0 Å². The fourth-order valence-corrected chi connectivity index (χ4v) is 85.9. The molecule has 1 atom stereocenters. The van der Waals surface area contributed by atoms with Gasteiger partial charge in [0.1, 0.15) is 0 Å². The highest BCUT2D eigenvalue weighted by atomic mass is 28.7. The lowest BCUT2D eigenvalue weighted by atomic mass is 10.0. The van der Waals surface area contributed by atoms with Gasteiger partial charge in [-0.2, -0.15) is 0 Å². The van der Waals surface area contributed by atoms with Crippen LogP contribution in [0.5, 0.6) is 0 Å². The summed E-state index contributed by atoms with van der Waals surface area (Å²) >= 11 is 0. The first kappa shape index (κ1) is 78.5. The van der Waals surface area contributed by atoms with Crippen LogP contribution in [0.1, 0.15) is 19.3 Å². The molecule has 7 aliphatic heterocycles. The second-order valence-corrected chi connectivity index (χ2v) is 84.1. The van der Waals surface area contributed by atoms with Gasteiger partial charge in [0.2, 0.25) is 58.2 Å². The molecule has 7 aliphatic rings. The van der Waals surface area contributed by atoms with E-state index >= 15 is 0 Å². The van der Waals surface area contributed by atoms with Crippen molar-refractivity contribution >= 4 is 187 Å². The van der Waals surface area contributed by atoms with Crippen LogP contribution in [0, 0.1) is 5.92 Å². The van der Waals surface area contributed by atoms with Crippen molar-refractivity contribution in [3.63, 3.8) is 0 Å². The topological polar surface area (TPSA) is 228 Å². The molecule has 39 heteroatoms. The highest BCUT2D eigenvalue weighted by molar-refractivity contribution is 7.07. The smallest absolute Gasteiger partial charge is 0.395 e. The van der Waals surface area contributed by atoms with Gasteiger partial charge in [0, 0.05) is 0 Å². The van der Waals surface area contributed by atoms with Crippen molar-refractivity contribution in [1.82, 2.24) is 0 Å². The lowest BCUT2D eigenvalue weighted by molar-refractivity contribution is -0.153. The van der Waals surface area contributed by atoms with Gasteiger partial charge in [-0.25, -0.2) is 0 Å². The van der Waals surface area contributed by atoms with Crippen LogP contribution < -0.4 is 36.3 Å². The number of hydrogen-bond donors (Lipinski definition) is 0. The molecule has 7 saturated heterocycles. The van der Waals surface area contributed by atoms with Crippen molar-refractivity contribution in [3.05, 3.63) is 212 Å². The van der Waals surface area contributed by atoms with Gasteiger partial charge >= 0.3 is 84.3 Å². The van der Waals surface area contributed by atoms with Crippen LogP contribution in [-0.4, -0.2) is 151 Å². The molecule has 0 radical (unpaired) electrons. The van der Waals surface area contributed by atoms with Crippen molar-refractivity contribution in [2.75, 3.05) is 0 Å². The first-order valence-corrected chi connectivity index (χ1v) is 71.5. The molecule has 7 fully saturated rings. The highest BCUT2D eigenvalue weighted by Gasteiger charge is 2.93. The minimum absolute atomic E-state index is 0.0559. The molecule has 0 aromatic heterocycles. The molecule has 1 unspecified atom stereocenters. The van der Waals surface area contributed by atoms with Crippen LogP contribution in [0.3, 0.4) is 0 Å². The zero-order valence-electron chi connectivity index (χ0n) is 61.5. The van der Waals surface area contributed by atoms with Crippen molar-refractivity contribution in [1.29, 1.82) is 0 Å². The second-order valence-electron chi connectivity index (χ2n) is 30.5. The van der Waals surface area contributed by atoms with E-state index in [0.717, 1.165) is 36.3 Å². The van der Waals surface area contributed by atoms with Crippen molar-refractivity contribution < 1.29 is 96.6 Å². The highest BCUT2D eigenvalue weighted by Crippen LogP contribution is 2.54. The Bertz CT molecular complexity index is 3840. The fourth-order valence-electron chi connectivity index (χ4n) is 13.2. The van der Waals surface area contributed by atoms with Crippen LogP contribution in [0.2, 0.25) is 111 Å². The molecule has 0 saturated carbocycles. The second kappa shape index (κ2) is 28.9. The minimum Gasteiger partial charge on any atom is -0.395 e. The summed E-state index contributed by atoms with van der Waals surface area (Å²) < 4.78 is 168. The van der Waals surface area contributed by atoms with E-state index in [-0.39, 0.29) is 12.8 Å². The molecular weight excluding hydrogens is 1600 g/mol. The van der Waals surface area contributed by atoms with E-state index in [1.165, 1.54) is 0 Å². The molecule has 0 aliphatic carbocycles. The number of ether oxygens (including phenoxy) is 1. The fraction of sp³-hybridized carbons (Fsp3) is 0.323. The zero-order valence-corrected chi connectivity index (χ0v) is 77.5. The molecule has 7 heterocycles. The molecule has 23 nitrogen and oxygen atoms in total. The van der Waals surface area contributed by atoms with E-state index in [0.29, 0.717) is 12.5 Å². The molecule has 0 N–H and O–H groups in total. The summed E-state index contributed by atoms with van der Waals surface area (Å²) in [6, 6.07) is 68.4. The summed E-state index contributed by atoms with van der Waals surface area (Å²) in [5, 5.41) is 5.47. The summed E-state index contributed by atoms with van der Waals surface area (Å²) in [5.74, 6) is -1.84. The number of esters is 2. The summed E-state index contributed by atoms with van der Waals surface area (Å²) in [5.41, 5.74) is 0. The maximum absolute atomic E-state index is 13.2. The van der Waals surface area contributed by atoms with E-state index in [2.05, 4.69) is 0 Å². The molecular formula is C65H92O23Si16. The summed E-state index contributed by atoms with van der Waals surface area (Å²) in [6.07, 6.45) is 0.605. The number of cyclic esters (lactones) is 2. The van der Waals surface area contributed by atoms with Gasteiger partial charge in [-0.1, -0.05) is 219 Å². The van der Waals surface area contributed by atoms with E-state index in [1.54, 1.807) is 0 Å². The third kappa shape index (κ3) is 17.1. The van der Waals surface area contributed by atoms with Gasteiger partial charge in [-0.3, -0.25) is 9.59 Å². The Kier molecular flexibility index (Phi) is 21.8. The van der Waals surface area contributed by atoms with Gasteiger partial charge in [0.15, 0.2) is 8.32 Å². The summed E-state index contributed by atoms with van der Waals surface area (Å²) in [7, 11) is -75.4. The SMILES string of the molecule is C[Si](C)(CCCC1CC(=O)OC1=O)O[Si]12O[Si]3(O[Si](C)(C)c4ccccc4)O[Si]4(O[Si](C)(C)c5ccccc5)O[Si](O[Si](C)(C)c5ccccc5)(O1)O[Si]1(O[Si](C)(C)c5ccccc5)O[Si](O[Si](C)(C)c5ccccc5)(O2)O[Si](O[Si](C)(C)c2ccccc2)(O3)O[Si](O[Si](C)(C)c2ccccc2)(O4)O1. The number of hydrogen-bond acceptors (Lipinski definition) is 23. The quantitative estimate of drug-likeness (QED) is 0.0266. The van der Waals surface area contributed by atoms with Crippen LogP contribution in [-0.2, 0) is 96.6 Å². The first-order chi connectivity index (χ1) is 48.8. The Balaban J connectivity index is 1.18. The maximum Gasteiger partial charge on any atom is 0.651 e. The normalized spacial score (nSPS) is 29.0. The maximum atomic E-state index is 13.2. The first-order valence-electron chi connectivity index (χ1n) is 34.9. The van der Waals surface area contributed by atoms with Gasteiger partial charge in [-0.05, 0) is 154 Å². The average Bonchev–Trinajstić information content (AvgIpc) is 0.693. The Hall–Kier alpha value is -3.65. The number of rotatable bonds is 27. The molecule has 0 spiro atoms. The Morgan fingerprint density at radius 3 is 0.615 bits per heavy atom. The standard InChI is InChI=1S/C65H92O23Si16/c1-89(2,54-38-39-56-55-64(66)68-65(56)67)69-97-77-98(70-90(3,4)57-40-24-17-25-41-57)80-101(73-93(9,10)60-46-30-20-31-47-60)82-99(78-97,71-91(5,6)58-42-26-18-27-43-58)84-103(75-95(13,14)62-50-34-22-35-51-62)85-100(79-97,72-92(7,8)59-44-28-19-29-45-59)83-102(81-98,74-94(11,12)61-48-32-21-33-49-61)87-104(86-101,88-103)76-96(15,16)63-52-36-23-37-53-63/h17-37,40-53,56H,38-39,54-55H2,1-16H3. The Morgan fingerprint density at radius 1 is 0.279 bits per heavy atom. The molecule has 14 rings (SSSR count). The predicted octanol–water partition coefficient (Wildman–Crippen LogP) is 8.73. The van der Waals surface area contributed by atoms with E-state index < -0.39 is 157 Å². The van der Waals surface area contributed by atoms with Crippen LogP contribution in [0.4, 0.5) is 0 Å². The predicted molar refractivity (Wildman–Crippen MR) is 423 cm³/mol. The van der Waals surface area contributed by atoms with E-state index in [4.69, 9.17) is 87.0 Å². The van der Waals surface area contributed by atoms with Crippen LogP contribution in [0.25, 0.3) is 0 Å². The number of carbonyl (C=O) groups excluding carboxylic acids is 2. The molecule has 7 aromatic rings. The van der Waals surface area contributed by atoms with Crippen molar-refractivity contribution in [2.24, 2.45) is 5.92 Å². The molecule has 554 valence electrons. The van der Waals surface area contributed by atoms with E-state index in [9.17, 15) is 9.59 Å². The van der Waals surface area contributed by atoms with Crippen molar-refractivity contribution in [3.8, 4) is 0 Å². The monoisotopic (exact) mass is 1690 g/mol. The van der Waals surface area contributed by atoms with Crippen LogP contribution >= 0.6 is 0 Å². The van der Waals surface area contributed by atoms with E-state index in [1.807, 2.05) is 317 Å². The van der Waals surface area contributed by atoms with Crippen molar-refractivity contribution in [2.45, 2.75) is 130 Å². The Morgan fingerprint density at radius 2 is 0.452 bits per heavy atom. The lowest BCUT2D eigenvalue weighted by Crippen LogP contribution is -2.93. The van der Waals surface area contributed by atoms with Crippen LogP contribution in [0.15, 0.2) is 212 Å². The zero-order chi connectivity index (χ0) is 74.2. The molecule has 7 aromatic carbocycles. The van der Waals surface area contributed by atoms with Gasteiger partial charge in [0.05, 0.1) is 12.3 Å². The van der Waals surface area contributed by atoms with Gasteiger partial charge < -0.3 is 87.0 Å². The average molecular weight is 1690 g/mol. The number of carbonyl (C=O) groups is 2. The largest absolute Gasteiger partial charge is 0.651 e. The Labute approximate surface area is 627 Å². The molecule has 8 bridgehead atoms. The summed E-state index contributed by atoms with van der Waals surface area (Å²) in [6.45, 7) is 31.7. The molecule has 104 heavy (non-hydrogen) atoms. The minimum atomic E-state index is -5.79.